The number of H-pyrrole nitrogens is 1. The molecule has 2 fully saturated rings. The predicted molar refractivity (Wildman–Crippen MR) is 123 cm³/mol. The van der Waals surface area contributed by atoms with E-state index in [9.17, 15) is 18.0 Å². The van der Waals surface area contributed by atoms with Crippen molar-refractivity contribution >= 4 is 6.03 Å². The quantitative estimate of drug-likeness (QED) is 0.647. The average molecular weight is 479 g/mol. The van der Waals surface area contributed by atoms with Gasteiger partial charge in [-0.25, -0.2) is 4.79 Å². The fourth-order valence-corrected chi connectivity index (χ4v) is 4.90. The molecule has 34 heavy (non-hydrogen) atoms. The lowest BCUT2D eigenvalue weighted by atomic mass is 9.82. The number of ether oxygens (including phenoxy) is 1. The number of amides is 2. The number of benzene rings is 1. The lowest BCUT2D eigenvalue weighted by molar-refractivity contribution is -0.137. The minimum Gasteiger partial charge on any atom is -0.372 e. The molecule has 2 aliphatic heterocycles. The maximum absolute atomic E-state index is 13.5. The van der Waals surface area contributed by atoms with Crippen LogP contribution >= 0.6 is 0 Å². The summed E-state index contributed by atoms with van der Waals surface area (Å²) >= 11 is 0. The van der Waals surface area contributed by atoms with E-state index in [1.807, 2.05) is 29.7 Å². The van der Waals surface area contributed by atoms with Crippen molar-refractivity contribution in [2.45, 2.75) is 63.6 Å². The highest BCUT2D eigenvalue weighted by atomic mass is 19.4. The third kappa shape index (κ3) is 5.40. The SMILES string of the molecule is CC(C)c1cc(C2CC(c3ccc(C(F)(F)F)cc3)CN(C(=O)N3CCOC(C)(C)C3)C2)[nH]n1. The first kappa shape index (κ1) is 24.6. The summed E-state index contributed by atoms with van der Waals surface area (Å²) in [4.78, 5) is 17.2. The minimum absolute atomic E-state index is 0.0130. The molecular weight excluding hydrogens is 445 g/mol. The number of aromatic nitrogens is 2. The van der Waals surface area contributed by atoms with Crippen LogP contribution in [0.25, 0.3) is 0 Å². The normalized spacial score (nSPS) is 23.4. The standard InChI is InChI=1S/C25H33F3N4O2/c1-16(2)21-12-22(30-29-21)19-11-18(17-5-7-20(8-6-17)25(26,27)28)13-32(14-19)23(33)31-9-10-34-24(3,4)15-31/h5-8,12,16,18-19H,9-11,13-15H2,1-4H3,(H,29,30). The Morgan fingerprint density at radius 1 is 1.15 bits per heavy atom. The smallest absolute Gasteiger partial charge is 0.372 e. The van der Waals surface area contributed by atoms with Gasteiger partial charge in [-0.1, -0.05) is 26.0 Å². The Balaban J connectivity index is 1.60. The summed E-state index contributed by atoms with van der Waals surface area (Å²) in [5, 5.41) is 7.57. The molecule has 2 amide bonds. The van der Waals surface area contributed by atoms with Gasteiger partial charge < -0.3 is 14.5 Å². The lowest BCUT2D eigenvalue weighted by Crippen LogP contribution is -2.56. The number of carbonyl (C=O) groups is 1. The number of morpholine rings is 1. The van der Waals surface area contributed by atoms with Crippen LogP contribution in [0.5, 0.6) is 0 Å². The number of piperidine rings is 1. The molecule has 4 rings (SSSR count). The fourth-order valence-electron chi connectivity index (χ4n) is 4.90. The van der Waals surface area contributed by atoms with E-state index < -0.39 is 17.3 Å². The largest absolute Gasteiger partial charge is 0.416 e. The number of carbonyl (C=O) groups excluding carboxylic acids is 1. The number of alkyl halides is 3. The van der Waals surface area contributed by atoms with Crippen molar-refractivity contribution in [3.05, 3.63) is 52.8 Å². The molecule has 2 unspecified atom stereocenters. The van der Waals surface area contributed by atoms with Crippen molar-refractivity contribution in [3.8, 4) is 0 Å². The molecule has 0 saturated carbocycles. The van der Waals surface area contributed by atoms with Gasteiger partial charge in [0.25, 0.3) is 0 Å². The van der Waals surface area contributed by atoms with E-state index in [1.165, 1.54) is 0 Å². The third-order valence-corrected chi connectivity index (χ3v) is 6.78. The van der Waals surface area contributed by atoms with Crippen LogP contribution in [0.4, 0.5) is 18.0 Å². The number of likely N-dealkylation sites (tertiary alicyclic amines) is 1. The first-order chi connectivity index (χ1) is 15.9. The minimum atomic E-state index is -4.37. The molecule has 2 aromatic rings. The molecule has 186 valence electrons. The van der Waals surface area contributed by atoms with Gasteiger partial charge in [0, 0.05) is 37.2 Å². The summed E-state index contributed by atoms with van der Waals surface area (Å²) in [5.74, 6) is 0.205. The number of halogens is 3. The molecule has 2 aliphatic rings. The zero-order valence-electron chi connectivity index (χ0n) is 20.2. The second-order valence-electron chi connectivity index (χ2n) is 10.4. The van der Waals surface area contributed by atoms with Crippen LogP contribution in [0, 0.1) is 0 Å². The fraction of sp³-hybridized carbons (Fsp3) is 0.600. The second kappa shape index (κ2) is 9.24. The van der Waals surface area contributed by atoms with E-state index >= 15 is 0 Å². The number of hydrogen-bond acceptors (Lipinski definition) is 3. The first-order valence-corrected chi connectivity index (χ1v) is 11.8. The van der Waals surface area contributed by atoms with Crippen molar-refractivity contribution in [2.75, 3.05) is 32.8 Å². The first-order valence-electron chi connectivity index (χ1n) is 11.8. The van der Waals surface area contributed by atoms with Crippen molar-refractivity contribution < 1.29 is 22.7 Å². The van der Waals surface area contributed by atoms with Gasteiger partial charge in [-0.3, -0.25) is 5.10 Å². The Morgan fingerprint density at radius 2 is 1.82 bits per heavy atom. The molecule has 2 atom stereocenters. The molecule has 0 spiro atoms. The Morgan fingerprint density at radius 3 is 2.41 bits per heavy atom. The average Bonchev–Trinajstić information content (AvgIpc) is 3.28. The maximum Gasteiger partial charge on any atom is 0.416 e. The number of nitrogens with one attached hydrogen (secondary N) is 1. The van der Waals surface area contributed by atoms with Crippen LogP contribution in [-0.2, 0) is 10.9 Å². The van der Waals surface area contributed by atoms with E-state index in [-0.39, 0.29) is 23.8 Å². The van der Waals surface area contributed by atoms with Gasteiger partial charge in [-0.05, 0) is 49.9 Å². The summed E-state index contributed by atoms with van der Waals surface area (Å²) in [7, 11) is 0. The Labute approximate surface area is 198 Å². The van der Waals surface area contributed by atoms with Crippen LogP contribution in [-0.4, -0.2) is 64.4 Å². The van der Waals surface area contributed by atoms with Gasteiger partial charge in [0.05, 0.1) is 30.0 Å². The molecule has 6 nitrogen and oxygen atoms in total. The number of aromatic amines is 1. The second-order valence-corrected chi connectivity index (χ2v) is 10.4. The Bertz CT molecular complexity index is 1000. The Hall–Kier alpha value is -2.55. The maximum atomic E-state index is 13.5. The highest BCUT2D eigenvalue weighted by molar-refractivity contribution is 5.75. The van der Waals surface area contributed by atoms with Gasteiger partial charge >= 0.3 is 12.2 Å². The van der Waals surface area contributed by atoms with Gasteiger partial charge in [0.2, 0.25) is 0 Å². The number of rotatable bonds is 3. The molecule has 2 saturated heterocycles. The topological polar surface area (TPSA) is 61.5 Å². The summed E-state index contributed by atoms with van der Waals surface area (Å²) < 4.78 is 45.0. The van der Waals surface area contributed by atoms with Crippen LogP contribution in [0.15, 0.2) is 30.3 Å². The van der Waals surface area contributed by atoms with Gasteiger partial charge in [-0.15, -0.1) is 0 Å². The molecule has 3 heterocycles. The highest BCUT2D eigenvalue weighted by Gasteiger charge is 2.38. The van der Waals surface area contributed by atoms with Crippen LogP contribution in [0.2, 0.25) is 0 Å². The number of urea groups is 1. The molecular formula is C25H33F3N4O2. The van der Waals surface area contributed by atoms with Gasteiger partial charge in [-0.2, -0.15) is 18.3 Å². The predicted octanol–water partition coefficient (Wildman–Crippen LogP) is 5.36. The lowest BCUT2D eigenvalue weighted by Gasteiger charge is -2.43. The van der Waals surface area contributed by atoms with Crippen LogP contribution < -0.4 is 0 Å². The third-order valence-electron chi connectivity index (χ3n) is 6.78. The summed E-state index contributed by atoms with van der Waals surface area (Å²) in [6.45, 7) is 10.6. The van der Waals surface area contributed by atoms with Gasteiger partial charge in [0.15, 0.2) is 0 Å². The van der Waals surface area contributed by atoms with Crippen molar-refractivity contribution in [1.29, 1.82) is 0 Å². The van der Waals surface area contributed by atoms with E-state index in [0.717, 1.165) is 35.5 Å². The molecule has 0 radical (unpaired) electrons. The van der Waals surface area contributed by atoms with E-state index in [2.05, 4.69) is 24.0 Å². The molecule has 0 aliphatic carbocycles. The van der Waals surface area contributed by atoms with Crippen molar-refractivity contribution in [1.82, 2.24) is 20.0 Å². The number of hydrogen-bond donors (Lipinski definition) is 1. The molecule has 9 heteroatoms. The van der Waals surface area contributed by atoms with Crippen molar-refractivity contribution in [2.24, 2.45) is 0 Å². The molecule has 1 aromatic carbocycles. The zero-order valence-corrected chi connectivity index (χ0v) is 20.2. The summed E-state index contributed by atoms with van der Waals surface area (Å²) in [6.07, 6.45) is -3.65. The Kier molecular flexibility index (Phi) is 6.68. The molecule has 1 aromatic heterocycles. The van der Waals surface area contributed by atoms with E-state index in [1.54, 1.807) is 12.1 Å². The van der Waals surface area contributed by atoms with Crippen LogP contribution in [0.3, 0.4) is 0 Å². The van der Waals surface area contributed by atoms with Crippen molar-refractivity contribution in [3.63, 3.8) is 0 Å². The highest BCUT2D eigenvalue weighted by Crippen LogP contribution is 2.38. The van der Waals surface area contributed by atoms with E-state index in [4.69, 9.17) is 4.74 Å². The summed E-state index contributed by atoms with van der Waals surface area (Å²) in [5.41, 5.74) is 1.65. The monoisotopic (exact) mass is 478 g/mol. The van der Waals surface area contributed by atoms with Gasteiger partial charge in [0.1, 0.15) is 0 Å². The number of nitrogens with zero attached hydrogens (tertiary/aromatic N) is 3. The zero-order chi connectivity index (χ0) is 24.7. The van der Waals surface area contributed by atoms with E-state index in [0.29, 0.717) is 32.8 Å². The summed E-state index contributed by atoms with van der Waals surface area (Å²) in [6, 6.07) is 7.34. The van der Waals surface area contributed by atoms with Crippen LogP contribution in [0.1, 0.15) is 74.4 Å². The molecule has 1 N–H and O–H groups in total. The molecule has 0 bridgehead atoms.